The minimum absolute atomic E-state index is 0.0615. The highest BCUT2D eigenvalue weighted by Crippen LogP contribution is 2.57. The number of hydrogen-bond acceptors (Lipinski definition) is 7. The lowest BCUT2D eigenvalue weighted by Crippen LogP contribution is -2.34. The molecule has 0 N–H and O–H groups in total. The van der Waals surface area contributed by atoms with Gasteiger partial charge in [0.2, 0.25) is 0 Å². The predicted molar refractivity (Wildman–Crippen MR) is 58.6 cm³/mol. The van der Waals surface area contributed by atoms with Crippen molar-refractivity contribution in [3.63, 3.8) is 0 Å². The molecule has 2 bridgehead atoms. The van der Waals surface area contributed by atoms with Crippen LogP contribution in [-0.2, 0) is 29.2 Å². The fraction of sp³-hybridized carbons (Fsp3) is 0.818. The van der Waals surface area contributed by atoms with Crippen molar-refractivity contribution in [2.24, 2.45) is 23.7 Å². The van der Waals surface area contributed by atoms with Crippen LogP contribution in [0.2, 0.25) is 0 Å². The molecule has 1 saturated heterocycles. The maximum Gasteiger partial charge on any atom is 0.310 e. The zero-order valence-electron chi connectivity index (χ0n) is 9.98. The van der Waals surface area contributed by atoms with Crippen LogP contribution < -0.4 is 0 Å². The maximum absolute atomic E-state index is 11.9. The Hall–Kier alpha value is -1.15. The summed E-state index contributed by atoms with van der Waals surface area (Å²) in [7, 11) is -4.39. The molecular weight excluding hydrogens is 276 g/mol. The van der Waals surface area contributed by atoms with Gasteiger partial charge in [-0.3, -0.25) is 9.59 Å². The topological polar surface area (TPSA) is 110 Å². The highest BCUT2D eigenvalue weighted by Gasteiger charge is 2.64. The average molecular weight is 289 g/mol. The highest BCUT2D eigenvalue weighted by atomic mass is 32.2. The van der Waals surface area contributed by atoms with Crippen LogP contribution in [0.1, 0.15) is 12.8 Å². The summed E-state index contributed by atoms with van der Waals surface area (Å²) in [5.41, 5.74) is 0. The standard InChI is InChI=1S/C11H14O7S/c12-10(17-1-2-19(14,15)16)8-5-3-6-7(4-5)18-11(13)9(6)8/h5-9H,1-4H2,(H,14,15,16)/p-1. The molecule has 2 aliphatic carbocycles. The Morgan fingerprint density at radius 1 is 1.42 bits per heavy atom. The minimum Gasteiger partial charge on any atom is -0.748 e. The molecule has 2 saturated carbocycles. The number of fused-ring (bicyclic) bond motifs is 1. The molecule has 8 heteroatoms. The van der Waals surface area contributed by atoms with E-state index in [0.29, 0.717) is 6.42 Å². The van der Waals surface area contributed by atoms with Crippen LogP contribution in [0.4, 0.5) is 0 Å². The fourth-order valence-corrected chi connectivity index (χ4v) is 3.95. The molecule has 5 unspecified atom stereocenters. The van der Waals surface area contributed by atoms with Gasteiger partial charge in [0.25, 0.3) is 0 Å². The normalized spacial score (nSPS) is 39.4. The van der Waals surface area contributed by atoms with Crippen molar-refractivity contribution < 1.29 is 32.0 Å². The molecule has 0 radical (unpaired) electrons. The molecule has 106 valence electrons. The summed E-state index contributed by atoms with van der Waals surface area (Å²) in [6.45, 7) is -0.455. The van der Waals surface area contributed by atoms with E-state index < -0.39 is 40.3 Å². The summed E-state index contributed by atoms with van der Waals surface area (Å²) >= 11 is 0. The number of esters is 2. The van der Waals surface area contributed by atoms with Gasteiger partial charge in [-0.05, 0) is 18.8 Å². The van der Waals surface area contributed by atoms with Crippen molar-refractivity contribution in [1.82, 2.24) is 0 Å². The molecule has 1 heterocycles. The van der Waals surface area contributed by atoms with Gasteiger partial charge in [0, 0.05) is 5.92 Å². The molecular formula is C11H13O7S-. The number of carbonyl (C=O) groups excluding carboxylic acids is 2. The third-order valence-corrected chi connectivity index (χ3v) is 5.00. The SMILES string of the molecule is O=C(OCCS(=O)(=O)[O-])C1C2CC3OC(=O)C1C3C2. The van der Waals surface area contributed by atoms with Gasteiger partial charge >= 0.3 is 11.9 Å². The smallest absolute Gasteiger partial charge is 0.310 e. The number of rotatable bonds is 4. The Bertz CT molecular complexity index is 523. The summed E-state index contributed by atoms with van der Waals surface area (Å²) in [5, 5.41) is 0. The van der Waals surface area contributed by atoms with Crippen molar-refractivity contribution in [3.8, 4) is 0 Å². The molecule has 5 atom stereocenters. The molecule has 0 amide bonds. The third kappa shape index (κ3) is 2.12. The van der Waals surface area contributed by atoms with Crippen LogP contribution in [-0.4, -0.2) is 43.4 Å². The lowest BCUT2D eigenvalue weighted by Gasteiger charge is -2.22. The van der Waals surface area contributed by atoms with E-state index in [9.17, 15) is 22.6 Å². The van der Waals surface area contributed by atoms with E-state index >= 15 is 0 Å². The van der Waals surface area contributed by atoms with Crippen LogP contribution in [0.5, 0.6) is 0 Å². The van der Waals surface area contributed by atoms with E-state index in [-0.39, 0.29) is 23.9 Å². The van der Waals surface area contributed by atoms with E-state index in [1.807, 2.05) is 0 Å². The van der Waals surface area contributed by atoms with Gasteiger partial charge in [-0.15, -0.1) is 0 Å². The summed E-state index contributed by atoms with van der Waals surface area (Å²) in [4.78, 5) is 23.6. The fourth-order valence-electron chi connectivity index (χ4n) is 3.67. The summed E-state index contributed by atoms with van der Waals surface area (Å²) in [6.07, 6.45) is 1.39. The predicted octanol–water partition coefficient (Wildman–Crippen LogP) is -0.728. The quantitative estimate of drug-likeness (QED) is 0.495. The van der Waals surface area contributed by atoms with Crippen molar-refractivity contribution in [3.05, 3.63) is 0 Å². The Morgan fingerprint density at radius 3 is 2.84 bits per heavy atom. The lowest BCUT2D eigenvalue weighted by atomic mass is 9.80. The van der Waals surface area contributed by atoms with Gasteiger partial charge in [0.05, 0.1) is 27.7 Å². The van der Waals surface area contributed by atoms with Gasteiger partial charge in [-0.1, -0.05) is 0 Å². The van der Waals surface area contributed by atoms with E-state index in [2.05, 4.69) is 0 Å². The molecule has 0 aromatic rings. The molecule has 3 fully saturated rings. The lowest BCUT2D eigenvalue weighted by molar-refractivity contribution is -0.155. The zero-order valence-corrected chi connectivity index (χ0v) is 10.8. The monoisotopic (exact) mass is 289 g/mol. The van der Waals surface area contributed by atoms with Crippen LogP contribution in [0.25, 0.3) is 0 Å². The van der Waals surface area contributed by atoms with E-state index in [1.54, 1.807) is 0 Å². The third-order valence-electron chi connectivity index (χ3n) is 4.33. The molecule has 7 nitrogen and oxygen atoms in total. The van der Waals surface area contributed by atoms with E-state index in [1.165, 1.54) is 0 Å². The maximum atomic E-state index is 11.9. The van der Waals surface area contributed by atoms with Crippen LogP contribution in [0.3, 0.4) is 0 Å². The number of carbonyl (C=O) groups is 2. The first-order valence-corrected chi connectivity index (χ1v) is 7.75. The molecule has 1 aliphatic heterocycles. The van der Waals surface area contributed by atoms with Crippen molar-refractivity contribution in [1.29, 1.82) is 0 Å². The number of ether oxygens (including phenoxy) is 2. The second-order valence-corrected chi connectivity index (χ2v) is 6.88. The summed E-state index contributed by atoms with van der Waals surface area (Å²) < 4.78 is 41.3. The van der Waals surface area contributed by atoms with E-state index in [4.69, 9.17) is 9.47 Å². The van der Waals surface area contributed by atoms with Crippen LogP contribution in [0, 0.1) is 23.7 Å². The molecule has 3 rings (SSSR count). The van der Waals surface area contributed by atoms with Crippen molar-refractivity contribution in [2.45, 2.75) is 18.9 Å². The average Bonchev–Trinajstić information content (AvgIpc) is 2.86. The molecule has 19 heavy (non-hydrogen) atoms. The molecule has 0 aromatic carbocycles. The number of hydrogen-bond donors (Lipinski definition) is 0. The molecule has 3 aliphatic rings. The van der Waals surface area contributed by atoms with Gasteiger partial charge < -0.3 is 14.0 Å². The Kier molecular flexibility index (Phi) is 2.82. The minimum atomic E-state index is -4.39. The van der Waals surface area contributed by atoms with Gasteiger partial charge in [0.1, 0.15) is 12.7 Å². The van der Waals surface area contributed by atoms with Gasteiger partial charge in [-0.2, -0.15) is 0 Å². The second kappa shape index (κ2) is 4.17. The Balaban J connectivity index is 1.63. The van der Waals surface area contributed by atoms with Crippen molar-refractivity contribution >= 4 is 22.1 Å². The van der Waals surface area contributed by atoms with Crippen LogP contribution in [0.15, 0.2) is 0 Å². The first-order valence-electron chi connectivity index (χ1n) is 6.17. The first kappa shape index (κ1) is 12.9. The van der Waals surface area contributed by atoms with Crippen molar-refractivity contribution in [2.75, 3.05) is 12.4 Å². The highest BCUT2D eigenvalue weighted by molar-refractivity contribution is 7.85. The first-order chi connectivity index (χ1) is 8.87. The zero-order chi connectivity index (χ0) is 13.8. The van der Waals surface area contributed by atoms with Gasteiger partial charge in [-0.25, -0.2) is 8.42 Å². The van der Waals surface area contributed by atoms with E-state index in [0.717, 1.165) is 6.42 Å². The molecule has 0 aromatic heterocycles. The largest absolute Gasteiger partial charge is 0.748 e. The Labute approximate surface area is 110 Å². The molecule has 0 spiro atoms. The van der Waals surface area contributed by atoms with Crippen LogP contribution >= 0.6 is 0 Å². The summed E-state index contributed by atoms with van der Waals surface area (Å²) in [6, 6.07) is 0. The Morgan fingerprint density at radius 2 is 2.16 bits per heavy atom. The summed E-state index contributed by atoms with van der Waals surface area (Å²) in [5.74, 6) is -2.49. The second-order valence-electron chi connectivity index (χ2n) is 5.35. The van der Waals surface area contributed by atoms with Gasteiger partial charge in [0.15, 0.2) is 0 Å².